The molecular weight excluding hydrogens is 489 g/mol. The molecule has 0 aliphatic heterocycles. The van der Waals surface area contributed by atoms with E-state index in [1.54, 1.807) is 30.3 Å². The van der Waals surface area contributed by atoms with Crippen molar-refractivity contribution in [2.45, 2.75) is 13.3 Å². The van der Waals surface area contributed by atoms with Crippen molar-refractivity contribution in [3.63, 3.8) is 0 Å². The topological polar surface area (TPSA) is 117 Å². The second-order valence-corrected chi connectivity index (χ2v) is 9.99. The zero-order valence-corrected chi connectivity index (χ0v) is 20.4. The first-order valence-electron chi connectivity index (χ1n) is 11.1. The summed E-state index contributed by atoms with van der Waals surface area (Å²) >= 11 is 0. The number of hydrogen-bond acceptors (Lipinski definition) is 6. The largest absolute Gasteiger partial charge is 0.478 e. The Morgan fingerprint density at radius 2 is 1.67 bits per heavy atom. The lowest BCUT2D eigenvalue weighted by molar-refractivity contribution is 0.0699. The molecule has 1 aromatic heterocycles. The van der Waals surface area contributed by atoms with Crippen molar-refractivity contribution < 1.29 is 37.0 Å². The number of rotatable bonds is 9. The van der Waals surface area contributed by atoms with Gasteiger partial charge in [0.25, 0.3) is 0 Å². The van der Waals surface area contributed by atoms with Gasteiger partial charge < -0.3 is 19.4 Å². The molecule has 0 bridgehead atoms. The van der Waals surface area contributed by atoms with Gasteiger partial charge in [0, 0.05) is 17.0 Å². The molecule has 0 unspecified atom stereocenters. The predicted octanol–water partition coefficient (Wildman–Crippen LogP) is 5.05. The van der Waals surface area contributed by atoms with E-state index >= 15 is 0 Å². The van der Waals surface area contributed by atoms with Gasteiger partial charge in [-0.2, -0.15) is 0 Å². The minimum absolute atomic E-state index is 0.0495. The minimum Gasteiger partial charge on any atom is -0.478 e. The number of carbonyl (C=O) groups is 1. The third kappa shape index (κ3) is 5.05. The van der Waals surface area contributed by atoms with Crippen LogP contribution >= 0.6 is 0 Å². The first-order chi connectivity index (χ1) is 17.1. The van der Waals surface area contributed by atoms with Gasteiger partial charge in [-0.3, -0.25) is 4.31 Å². The number of aromatic carboxylic acids is 1. The molecule has 36 heavy (non-hydrogen) atoms. The molecule has 10 heteroatoms. The van der Waals surface area contributed by atoms with E-state index in [9.17, 15) is 27.8 Å². The lowest BCUT2D eigenvalue weighted by atomic mass is 10.0. The zero-order valence-electron chi connectivity index (χ0n) is 19.6. The van der Waals surface area contributed by atoms with Gasteiger partial charge in [-0.15, -0.1) is 0 Å². The van der Waals surface area contributed by atoms with Crippen molar-refractivity contribution in [2.24, 2.45) is 0 Å². The van der Waals surface area contributed by atoms with Gasteiger partial charge in [0.1, 0.15) is 34.2 Å². The van der Waals surface area contributed by atoms with E-state index in [0.717, 1.165) is 10.6 Å². The monoisotopic (exact) mass is 513 g/mol. The van der Waals surface area contributed by atoms with E-state index in [1.165, 1.54) is 30.3 Å². The fourth-order valence-corrected chi connectivity index (χ4v) is 4.92. The Labute approximate surface area is 207 Å². The Bertz CT molecular complexity index is 1510. The number of carboxylic acid groups (broad SMARTS) is 1. The average Bonchev–Trinajstić information content (AvgIpc) is 3.21. The number of halogens is 1. The number of aliphatic hydroxyl groups is 1. The van der Waals surface area contributed by atoms with Crippen molar-refractivity contribution in [2.75, 3.05) is 23.7 Å². The highest BCUT2D eigenvalue weighted by Gasteiger charge is 2.26. The van der Waals surface area contributed by atoms with E-state index < -0.39 is 16.0 Å². The summed E-state index contributed by atoms with van der Waals surface area (Å²) in [5, 5.41) is 19.7. The molecule has 0 saturated carbocycles. The number of benzene rings is 3. The maximum atomic E-state index is 13.1. The molecule has 8 nitrogen and oxygen atoms in total. The number of furan rings is 1. The number of sulfonamides is 1. The maximum Gasteiger partial charge on any atom is 0.340 e. The molecule has 0 spiro atoms. The van der Waals surface area contributed by atoms with Gasteiger partial charge in [0.2, 0.25) is 10.0 Å². The number of aryl methyl sites for hydroxylation is 1. The van der Waals surface area contributed by atoms with E-state index in [2.05, 4.69) is 0 Å². The molecule has 4 aromatic rings. The SMILES string of the molecule is CCc1cc2c(C(=O)O)c(-c3ccc(Oc4ccc(F)cc4)cc3)oc2cc1N(CCO)S(C)(=O)=O. The third-order valence-electron chi connectivity index (χ3n) is 5.62. The molecule has 0 aliphatic rings. The molecule has 0 radical (unpaired) electrons. The van der Waals surface area contributed by atoms with Crippen LogP contribution in [-0.4, -0.2) is 44.0 Å². The standard InChI is InChI=1S/C26H24FNO7S/c1-3-16-14-21-23(15-22(16)28(12-13-29)36(2,32)33)35-25(24(21)26(30)31)17-4-8-19(9-5-17)34-20-10-6-18(27)7-11-20/h4-11,14-15,29H,3,12-13H2,1-2H3,(H,30,31). The van der Waals surface area contributed by atoms with E-state index in [4.69, 9.17) is 9.15 Å². The van der Waals surface area contributed by atoms with Crippen LogP contribution in [0.15, 0.2) is 65.1 Å². The van der Waals surface area contributed by atoms with Crippen LogP contribution in [0.2, 0.25) is 0 Å². The second-order valence-electron chi connectivity index (χ2n) is 8.08. The van der Waals surface area contributed by atoms with Crippen LogP contribution in [0, 0.1) is 5.82 Å². The first-order valence-corrected chi connectivity index (χ1v) is 12.9. The first kappa shape index (κ1) is 25.2. The van der Waals surface area contributed by atoms with Crippen LogP contribution in [-0.2, 0) is 16.4 Å². The molecule has 1 heterocycles. The van der Waals surface area contributed by atoms with Gasteiger partial charge in [-0.05, 0) is 66.6 Å². The third-order valence-corrected chi connectivity index (χ3v) is 6.80. The van der Waals surface area contributed by atoms with Crippen molar-refractivity contribution >= 4 is 32.6 Å². The van der Waals surface area contributed by atoms with Gasteiger partial charge >= 0.3 is 5.97 Å². The smallest absolute Gasteiger partial charge is 0.340 e. The van der Waals surface area contributed by atoms with Crippen molar-refractivity contribution in [1.82, 2.24) is 0 Å². The molecule has 188 valence electrons. The van der Waals surface area contributed by atoms with Gasteiger partial charge in [-0.1, -0.05) is 6.92 Å². The Hall–Kier alpha value is -3.89. The maximum absolute atomic E-state index is 13.1. The summed E-state index contributed by atoms with van der Waals surface area (Å²) in [6.07, 6.45) is 1.47. The van der Waals surface area contributed by atoms with E-state index in [-0.39, 0.29) is 35.9 Å². The van der Waals surface area contributed by atoms with Crippen LogP contribution < -0.4 is 9.04 Å². The summed E-state index contributed by atoms with van der Waals surface area (Å²) in [7, 11) is -3.71. The summed E-state index contributed by atoms with van der Waals surface area (Å²) in [5.41, 5.74) is 1.55. The van der Waals surface area contributed by atoms with Crippen LogP contribution in [0.3, 0.4) is 0 Å². The highest BCUT2D eigenvalue weighted by atomic mass is 32.2. The van der Waals surface area contributed by atoms with Crippen LogP contribution in [0.25, 0.3) is 22.3 Å². The van der Waals surface area contributed by atoms with E-state index in [1.807, 2.05) is 6.92 Å². The number of fused-ring (bicyclic) bond motifs is 1. The van der Waals surface area contributed by atoms with Crippen LogP contribution in [0.1, 0.15) is 22.8 Å². The molecule has 3 aromatic carbocycles. The highest BCUT2D eigenvalue weighted by molar-refractivity contribution is 7.92. The Morgan fingerprint density at radius 1 is 1.06 bits per heavy atom. The number of ether oxygens (including phenoxy) is 1. The van der Waals surface area contributed by atoms with Gasteiger partial charge in [-0.25, -0.2) is 17.6 Å². The van der Waals surface area contributed by atoms with Gasteiger partial charge in [0.05, 0.1) is 25.1 Å². The van der Waals surface area contributed by atoms with E-state index in [0.29, 0.717) is 40.1 Å². The molecular formula is C26H24FNO7S. The summed E-state index contributed by atoms with van der Waals surface area (Å²) in [4.78, 5) is 12.2. The lowest BCUT2D eigenvalue weighted by Crippen LogP contribution is -2.33. The molecule has 0 fully saturated rings. The predicted molar refractivity (Wildman–Crippen MR) is 134 cm³/mol. The zero-order chi connectivity index (χ0) is 26.0. The normalized spacial score (nSPS) is 11.6. The summed E-state index contributed by atoms with van der Waals surface area (Å²) in [6, 6.07) is 15.2. The summed E-state index contributed by atoms with van der Waals surface area (Å²) in [5.74, 6) is -0.563. The van der Waals surface area contributed by atoms with Crippen LogP contribution in [0.5, 0.6) is 11.5 Å². The molecule has 0 amide bonds. The van der Waals surface area contributed by atoms with Crippen molar-refractivity contribution in [1.29, 1.82) is 0 Å². The number of aliphatic hydroxyl groups excluding tert-OH is 1. The number of nitrogens with zero attached hydrogens (tertiary/aromatic N) is 1. The fraction of sp³-hybridized carbons (Fsp3) is 0.192. The quantitative estimate of drug-likeness (QED) is 0.322. The highest BCUT2D eigenvalue weighted by Crippen LogP contribution is 2.38. The Balaban J connectivity index is 1.79. The Morgan fingerprint density at radius 3 is 2.19 bits per heavy atom. The number of carboxylic acids is 1. The average molecular weight is 514 g/mol. The minimum atomic E-state index is -3.71. The second kappa shape index (κ2) is 10.00. The number of hydrogen-bond donors (Lipinski definition) is 2. The molecule has 4 rings (SSSR count). The molecule has 0 saturated heterocycles. The van der Waals surface area contributed by atoms with Crippen molar-refractivity contribution in [3.05, 3.63) is 77.6 Å². The summed E-state index contributed by atoms with van der Waals surface area (Å²) < 4.78 is 50.6. The molecule has 0 atom stereocenters. The lowest BCUT2D eigenvalue weighted by Gasteiger charge is -2.24. The number of anilines is 1. The van der Waals surface area contributed by atoms with Gasteiger partial charge in [0.15, 0.2) is 0 Å². The molecule has 2 N–H and O–H groups in total. The fourth-order valence-electron chi connectivity index (χ4n) is 3.98. The molecule has 0 aliphatic carbocycles. The van der Waals surface area contributed by atoms with Crippen molar-refractivity contribution in [3.8, 4) is 22.8 Å². The summed E-state index contributed by atoms with van der Waals surface area (Å²) in [6.45, 7) is 1.29. The van der Waals surface area contributed by atoms with Crippen LogP contribution in [0.4, 0.5) is 10.1 Å². The Kier molecular flexibility index (Phi) is 7.00.